The van der Waals surface area contributed by atoms with Crippen LogP contribution in [0.5, 0.6) is 5.75 Å². The highest BCUT2D eigenvalue weighted by Crippen LogP contribution is 2.27. The number of thiazole rings is 1. The fourth-order valence-corrected chi connectivity index (χ4v) is 3.83. The van der Waals surface area contributed by atoms with E-state index in [2.05, 4.69) is 37.7 Å². The molecular weight excluding hydrogens is 372 g/mol. The Morgan fingerprint density at radius 2 is 2.18 bits per heavy atom. The minimum absolute atomic E-state index is 0.0219. The second-order valence-corrected chi connectivity index (χ2v) is 7.98. The van der Waals surface area contributed by atoms with Crippen LogP contribution in [-0.4, -0.2) is 43.2 Å². The first-order valence-electron chi connectivity index (χ1n) is 9.74. The van der Waals surface area contributed by atoms with Crippen molar-refractivity contribution in [3.05, 3.63) is 45.9 Å². The number of nitrogens with zero attached hydrogens (tertiary/aromatic N) is 3. The second-order valence-electron chi connectivity index (χ2n) is 7.09. The lowest BCUT2D eigenvalue weighted by atomic mass is 9.96. The maximum Gasteiger partial charge on any atom is 0.194 e. The van der Waals surface area contributed by atoms with Gasteiger partial charge in [0.15, 0.2) is 5.96 Å². The maximum absolute atomic E-state index is 6.13. The van der Waals surface area contributed by atoms with Crippen LogP contribution in [0.1, 0.15) is 48.6 Å². The van der Waals surface area contributed by atoms with E-state index in [1.54, 1.807) is 25.5 Å². The summed E-state index contributed by atoms with van der Waals surface area (Å²) in [6.07, 6.45) is 3.97. The van der Waals surface area contributed by atoms with Crippen molar-refractivity contribution in [1.29, 1.82) is 0 Å². The third-order valence-corrected chi connectivity index (χ3v) is 6.05. The summed E-state index contributed by atoms with van der Waals surface area (Å²) in [5.41, 5.74) is 2.16. The molecule has 1 aliphatic carbocycles. The van der Waals surface area contributed by atoms with Crippen molar-refractivity contribution in [2.24, 2.45) is 4.99 Å². The standard InChI is InChI=1S/C21H30N4O2S/c1-15(26-4)20-24-17(14-28-20)13-25(3)21(22-2)23-12-16-8-5-6-11-19(16)27-18-9-7-10-18/h5-6,8,11,14-15,18H,7,9-10,12-13H2,1-4H3,(H,22,23). The third kappa shape index (κ3) is 5.23. The van der Waals surface area contributed by atoms with Crippen LogP contribution in [-0.2, 0) is 17.8 Å². The molecule has 1 N–H and O–H groups in total. The van der Waals surface area contributed by atoms with Crippen molar-refractivity contribution in [2.75, 3.05) is 21.2 Å². The fraction of sp³-hybridized carbons (Fsp3) is 0.524. The molecule has 1 aromatic carbocycles. The molecule has 1 atom stereocenters. The summed E-state index contributed by atoms with van der Waals surface area (Å²) in [6, 6.07) is 8.23. The van der Waals surface area contributed by atoms with Gasteiger partial charge < -0.3 is 19.7 Å². The minimum atomic E-state index is 0.0219. The smallest absolute Gasteiger partial charge is 0.194 e. The first-order valence-corrected chi connectivity index (χ1v) is 10.6. The summed E-state index contributed by atoms with van der Waals surface area (Å²) >= 11 is 1.63. The number of methoxy groups -OCH3 is 1. The van der Waals surface area contributed by atoms with Crippen molar-refractivity contribution in [2.45, 2.75) is 51.5 Å². The van der Waals surface area contributed by atoms with E-state index in [0.717, 1.165) is 40.8 Å². The SMILES string of the molecule is CN=C(NCc1ccccc1OC1CCC1)N(C)Cc1csc(C(C)OC)n1. The predicted molar refractivity (Wildman–Crippen MR) is 114 cm³/mol. The van der Waals surface area contributed by atoms with Crippen molar-refractivity contribution in [1.82, 2.24) is 15.2 Å². The van der Waals surface area contributed by atoms with E-state index in [9.17, 15) is 0 Å². The fourth-order valence-electron chi connectivity index (χ4n) is 2.99. The summed E-state index contributed by atoms with van der Waals surface area (Å²) in [6.45, 7) is 3.37. The number of benzene rings is 1. The Morgan fingerprint density at radius 1 is 1.39 bits per heavy atom. The molecule has 1 unspecified atom stereocenters. The maximum atomic E-state index is 6.13. The zero-order valence-corrected chi connectivity index (χ0v) is 18.0. The molecular formula is C21H30N4O2S. The van der Waals surface area contributed by atoms with Crippen LogP contribution in [0.15, 0.2) is 34.6 Å². The summed E-state index contributed by atoms with van der Waals surface area (Å²) in [4.78, 5) is 11.2. The molecule has 1 saturated carbocycles. The molecule has 0 aliphatic heterocycles. The first kappa shape index (κ1) is 20.6. The molecule has 0 saturated heterocycles. The number of ether oxygens (including phenoxy) is 2. The Hall–Kier alpha value is -2.12. The van der Waals surface area contributed by atoms with Gasteiger partial charge in [-0.25, -0.2) is 4.98 Å². The number of hydrogen-bond acceptors (Lipinski definition) is 5. The first-order chi connectivity index (χ1) is 13.6. The molecule has 0 radical (unpaired) electrons. The molecule has 0 amide bonds. The monoisotopic (exact) mass is 402 g/mol. The average molecular weight is 403 g/mol. The normalized spacial score (nSPS) is 15.8. The summed E-state index contributed by atoms with van der Waals surface area (Å²) in [5, 5.41) is 6.52. The van der Waals surface area contributed by atoms with Crippen LogP contribution in [0.4, 0.5) is 0 Å². The third-order valence-electron chi connectivity index (χ3n) is 5.00. The summed E-state index contributed by atoms with van der Waals surface area (Å²) in [5.74, 6) is 1.79. The van der Waals surface area contributed by atoms with Crippen LogP contribution in [0.25, 0.3) is 0 Å². The van der Waals surface area contributed by atoms with Gasteiger partial charge in [0.05, 0.1) is 18.3 Å². The van der Waals surface area contributed by atoms with Crippen LogP contribution in [0, 0.1) is 0 Å². The molecule has 152 valence electrons. The lowest BCUT2D eigenvalue weighted by molar-refractivity contribution is 0.119. The van der Waals surface area contributed by atoms with Crippen molar-refractivity contribution < 1.29 is 9.47 Å². The van der Waals surface area contributed by atoms with Gasteiger partial charge in [-0.05, 0) is 32.3 Å². The number of guanidine groups is 1. The number of rotatable bonds is 8. The molecule has 2 aromatic rings. The molecule has 0 spiro atoms. The Morgan fingerprint density at radius 3 is 2.86 bits per heavy atom. The van der Waals surface area contributed by atoms with Gasteiger partial charge in [-0.15, -0.1) is 11.3 Å². The van der Waals surface area contributed by atoms with E-state index < -0.39 is 0 Å². The molecule has 7 heteroatoms. The highest BCUT2D eigenvalue weighted by molar-refractivity contribution is 7.09. The van der Waals surface area contributed by atoms with Gasteiger partial charge in [-0.1, -0.05) is 18.2 Å². The number of nitrogens with one attached hydrogen (secondary N) is 1. The highest BCUT2D eigenvalue weighted by atomic mass is 32.1. The summed E-state index contributed by atoms with van der Waals surface area (Å²) in [7, 11) is 5.52. The molecule has 6 nitrogen and oxygen atoms in total. The van der Waals surface area contributed by atoms with Gasteiger partial charge in [-0.2, -0.15) is 0 Å². The molecule has 3 rings (SSSR count). The number of hydrogen-bond donors (Lipinski definition) is 1. The van der Waals surface area contributed by atoms with E-state index in [4.69, 9.17) is 9.47 Å². The van der Waals surface area contributed by atoms with Crippen molar-refractivity contribution in [3.63, 3.8) is 0 Å². The molecule has 1 aliphatic rings. The van der Waals surface area contributed by atoms with Gasteiger partial charge in [-0.3, -0.25) is 4.99 Å². The van der Waals surface area contributed by atoms with E-state index in [1.807, 2.05) is 26.1 Å². The Balaban J connectivity index is 1.57. The average Bonchev–Trinajstić information content (AvgIpc) is 3.14. The van der Waals surface area contributed by atoms with Gasteiger partial charge in [0.1, 0.15) is 16.9 Å². The van der Waals surface area contributed by atoms with Crippen molar-refractivity contribution in [3.8, 4) is 5.75 Å². The minimum Gasteiger partial charge on any atom is -0.490 e. The molecule has 1 heterocycles. The van der Waals surface area contributed by atoms with E-state index in [1.165, 1.54) is 6.42 Å². The van der Waals surface area contributed by atoms with Crippen LogP contribution in [0.3, 0.4) is 0 Å². The van der Waals surface area contributed by atoms with Gasteiger partial charge >= 0.3 is 0 Å². The van der Waals surface area contributed by atoms with E-state index in [0.29, 0.717) is 19.2 Å². The largest absolute Gasteiger partial charge is 0.490 e. The molecule has 1 aromatic heterocycles. The van der Waals surface area contributed by atoms with Crippen molar-refractivity contribution >= 4 is 17.3 Å². The lowest BCUT2D eigenvalue weighted by Crippen LogP contribution is -2.38. The zero-order chi connectivity index (χ0) is 19.9. The van der Waals surface area contributed by atoms with Crippen LogP contribution >= 0.6 is 11.3 Å². The van der Waals surface area contributed by atoms with E-state index in [-0.39, 0.29) is 6.10 Å². The van der Waals surface area contributed by atoms with Gasteiger partial charge in [0.25, 0.3) is 0 Å². The van der Waals surface area contributed by atoms with Crippen LogP contribution < -0.4 is 10.1 Å². The Bertz CT molecular complexity index is 788. The van der Waals surface area contributed by atoms with E-state index >= 15 is 0 Å². The Kier molecular flexibility index (Phi) is 7.28. The number of aliphatic imine (C=N–C) groups is 1. The number of aromatic nitrogens is 1. The Labute approximate surface area is 171 Å². The zero-order valence-electron chi connectivity index (χ0n) is 17.1. The van der Waals surface area contributed by atoms with Crippen LogP contribution in [0.2, 0.25) is 0 Å². The predicted octanol–water partition coefficient (Wildman–Crippen LogP) is 3.99. The quantitative estimate of drug-likeness (QED) is 0.534. The highest BCUT2D eigenvalue weighted by Gasteiger charge is 2.20. The summed E-state index contributed by atoms with van der Waals surface area (Å²) < 4.78 is 11.5. The molecule has 1 fully saturated rings. The topological polar surface area (TPSA) is 59.0 Å². The second kappa shape index (κ2) is 9.89. The molecule has 28 heavy (non-hydrogen) atoms. The number of para-hydroxylation sites is 1. The lowest BCUT2D eigenvalue weighted by Gasteiger charge is -2.28. The van der Waals surface area contributed by atoms with Gasteiger partial charge in [0, 0.05) is 38.7 Å². The van der Waals surface area contributed by atoms with Gasteiger partial charge in [0.2, 0.25) is 0 Å². The molecule has 0 bridgehead atoms.